The van der Waals surface area contributed by atoms with Gasteiger partial charge in [0.05, 0.1) is 0 Å². The zero-order valence-electron chi connectivity index (χ0n) is 11.8. The average molecular weight is 242 g/mol. The van der Waals surface area contributed by atoms with Crippen molar-refractivity contribution in [1.29, 1.82) is 0 Å². The highest BCUT2D eigenvalue weighted by Gasteiger charge is 2.17. The molecule has 0 bridgehead atoms. The smallest absolute Gasteiger partial charge is 0.0128 e. The van der Waals surface area contributed by atoms with Gasteiger partial charge < -0.3 is 0 Å². The van der Waals surface area contributed by atoms with E-state index in [9.17, 15) is 0 Å². The van der Waals surface area contributed by atoms with Crippen LogP contribution in [0.1, 0.15) is 39.5 Å². The van der Waals surface area contributed by atoms with E-state index < -0.39 is 0 Å². The van der Waals surface area contributed by atoms with E-state index in [0.717, 1.165) is 6.42 Å². The van der Waals surface area contributed by atoms with Crippen molar-refractivity contribution in [3.63, 3.8) is 0 Å². The Hall–Kier alpha value is -1.30. The Balaban J connectivity index is 0.000000492. The highest BCUT2D eigenvalue weighted by molar-refractivity contribution is 5.26. The Labute approximate surface area is 112 Å². The van der Waals surface area contributed by atoms with Crippen LogP contribution in [0.25, 0.3) is 0 Å². The average Bonchev–Trinajstić information content (AvgIpc) is 2.69. The van der Waals surface area contributed by atoms with E-state index in [1.165, 1.54) is 24.8 Å². The molecule has 0 saturated heterocycles. The topological polar surface area (TPSA) is 0 Å². The molecule has 0 spiro atoms. The number of allylic oxidation sites excluding steroid dienone is 9. The van der Waals surface area contributed by atoms with Gasteiger partial charge in [-0.05, 0) is 50.0 Å². The lowest BCUT2D eigenvalue weighted by atomic mass is 9.83. The molecule has 2 aliphatic rings. The van der Waals surface area contributed by atoms with Crippen LogP contribution in [0.15, 0.2) is 60.8 Å². The molecule has 2 unspecified atom stereocenters. The second-order valence-electron chi connectivity index (χ2n) is 4.92. The van der Waals surface area contributed by atoms with Gasteiger partial charge in [0.2, 0.25) is 0 Å². The van der Waals surface area contributed by atoms with E-state index >= 15 is 0 Å². The van der Waals surface area contributed by atoms with Gasteiger partial charge in [0.1, 0.15) is 0 Å². The van der Waals surface area contributed by atoms with Gasteiger partial charge in [-0.2, -0.15) is 0 Å². The van der Waals surface area contributed by atoms with Crippen LogP contribution in [-0.4, -0.2) is 0 Å². The minimum absolute atomic E-state index is 0.667. The van der Waals surface area contributed by atoms with Gasteiger partial charge in [-0.3, -0.25) is 0 Å². The first-order valence-electron chi connectivity index (χ1n) is 7.05. The fourth-order valence-electron chi connectivity index (χ4n) is 2.35. The molecule has 0 aromatic rings. The summed E-state index contributed by atoms with van der Waals surface area (Å²) in [5.41, 5.74) is 1.53. The summed E-state index contributed by atoms with van der Waals surface area (Å²) < 4.78 is 0. The second-order valence-corrected chi connectivity index (χ2v) is 4.92. The minimum Gasteiger partial charge on any atom is -0.103 e. The first kappa shape index (κ1) is 14.8. The van der Waals surface area contributed by atoms with Crippen LogP contribution >= 0.6 is 0 Å². The fraction of sp³-hybridized carbons (Fsp3) is 0.444. The highest BCUT2D eigenvalue weighted by Crippen LogP contribution is 2.29. The molecule has 0 aromatic carbocycles. The van der Waals surface area contributed by atoms with E-state index in [1.807, 2.05) is 6.92 Å². The van der Waals surface area contributed by atoms with Crippen LogP contribution in [0.5, 0.6) is 0 Å². The van der Waals surface area contributed by atoms with Crippen LogP contribution < -0.4 is 0 Å². The van der Waals surface area contributed by atoms with Crippen LogP contribution in [0.4, 0.5) is 0 Å². The molecule has 0 saturated carbocycles. The second kappa shape index (κ2) is 8.74. The van der Waals surface area contributed by atoms with E-state index in [0.29, 0.717) is 11.8 Å². The summed E-state index contributed by atoms with van der Waals surface area (Å²) in [6, 6.07) is 0. The maximum atomic E-state index is 3.36. The quantitative estimate of drug-likeness (QED) is 0.552. The van der Waals surface area contributed by atoms with Crippen LogP contribution in [0.2, 0.25) is 0 Å². The fourth-order valence-corrected chi connectivity index (χ4v) is 2.35. The lowest BCUT2D eigenvalue weighted by Crippen LogP contribution is -2.11. The number of hydrogen-bond acceptors (Lipinski definition) is 0. The Morgan fingerprint density at radius 1 is 1.22 bits per heavy atom. The standard InChI is InChI=1S/C15H20.C3H6/c1-13(15-11-7-4-8-12-15)14-9-5-2-3-6-10-14;1-3-2/h2,5-7,10-14H,3-4,8-9H2,1H3;3H,1H2,2H3. The SMILES string of the molecule is C=CC.CC(C1=CCCC=C1)C1C=CCC=CC1. The lowest BCUT2D eigenvalue weighted by molar-refractivity contribution is 0.499. The van der Waals surface area contributed by atoms with Gasteiger partial charge in [-0.15, -0.1) is 6.58 Å². The summed E-state index contributed by atoms with van der Waals surface area (Å²) in [4.78, 5) is 0. The molecule has 0 N–H and O–H groups in total. The molecule has 0 aromatic heterocycles. The molecular weight excluding hydrogens is 216 g/mol. The predicted octanol–water partition coefficient (Wildman–Crippen LogP) is 5.61. The molecule has 0 heterocycles. The summed E-state index contributed by atoms with van der Waals surface area (Å²) in [6.07, 6.45) is 22.8. The van der Waals surface area contributed by atoms with Gasteiger partial charge in [0, 0.05) is 0 Å². The van der Waals surface area contributed by atoms with Crippen molar-refractivity contribution in [2.75, 3.05) is 0 Å². The third-order valence-corrected chi connectivity index (χ3v) is 3.42. The third kappa shape index (κ3) is 4.91. The third-order valence-electron chi connectivity index (χ3n) is 3.42. The lowest BCUT2D eigenvalue weighted by Gasteiger charge is -2.22. The van der Waals surface area contributed by atoms with Crippen molar-refractivity contribution < 1.29 is 0 Å². The van der Waals surface area contributed by atoms with Gasteiger partial charge in [0.15, 0.2) is 0 Å². The van der Waals surface area contributed by atoms with Gasteiger partial charge in [-0.25, -0.2) is 0 Å². The van der Waals surface area contributed by atoms with Crippen LogP contribution in [0, 0.1) is 11.8 Å². The molecule has 0 radical (unpaired) electrons. The van der Waals surface area contributed by atoms with E-state index in [1.54, 1.807) is 6.08 Å². The van der Waals surface area contributed by atoms with Crippen molar-refractivity contribution in [2.24, 2.45) is 11.8 Å². The summed E-state index contributed by atoms with van der Waals surface area (Å²) in [5, 5.41) is 0. The predicted molar refractivity (Wildman–Crippen MR) is 82.5 cm³/mol. The van der Waals surface area contributed by atoms with E-state index in [-0.39, 0.29) is 0 Å². The summed E-state index contributed by atoms with van der Waals surface area (Å²) in [7, 11) is 0. The maximum absolute atomic E-state index is 3.36. The zero-order chi connectivity index (χ0) is 13.2. The van der Waals surface area contributed by atoms with E-state index in [2.05, 4.69) is 56.0 Å². The summed E-state index contributed by atoms with van der Waals surface area (Å²) in [6.45, 7) is 7.61. The van der Waals surface area contributed by atoms with Gasteiger partial charge in [0.25, 0.3) is 0 Å². The van der Waals surface area contributed by atoms with Gasteiger partial charge >= 0.3 is 0 Å². The van der Waals surface area contributed by atoms with Gasteiger partial charge in [-0.1, -0.05) is 55.5 Å². The zero-order valence-corrected chi connectivity index (χ0v) is 11.8. The molecule has 0 amide bonds. The van der Waals surface area contributed by atoms with Crippen molar-refractivity contribution in [3.05, 3.63) is 60.8 Å². The molecular formula is C18H26. The van der Waals surface area contributed by atoms with Crippen molar-refractivity contribution in [1.82, 2.24) is 0 Å². The Morgan fingerprint density at radius 3 is 2.67 bits per heavy atom. The highest BCUT2D eigenvalue weighted by atomic mass is 14.2. The first-order valence-corrected chi connectivity index (χ1v) is 7.05. The molecule has 98 valence electrons. The Kier molecular flexibility index (Phi) is 7.17. The van der Waals surface area contributed by atoms with E-state index in [4.69, 9.17) is 0 Å². The van der Waals surface area contributed by atoms with Crippen molar-refractivity contribution in [2.45, 2.75) is 39.5 Å². The molecule has 0 nitrogen and oxygen atoms in total. The Morgan fingerprint density at radius 2 is 2.00 bits per heavy atom. The molecule has 2 aliphatic carbocycles. The molecule has 18 heavy (non-hydrogen) atoms. The van der Waals surface area contributed by atoms with Crippen molar-refractivity contribution in [3.8, 4) is 0 Å². The monoisotopic (exact) mass is 242 g/mol. The Bertz CT molecular complexity index is 352. The first-order chi connectivity index (χ1) is 8.79. The van der Waals surface area contributed by atoms with Crippen LogP contribution in [0.3, 0.4) is 0 Å². The molecule has 2 rings (SSSR count). The van der Waals surface area contributed by atoms with Crippen LogP contribution in [-0.2, 0) is 0 Å². The molecule has 2 atom stereocenters. The summed E-state index contributed by atoms with van der Waals surface area (Å²) in [5.74, 6) is 1.36. The largest absolute Gasteiger partial charge is 0.103 e. The van der Waals surface area contributed by atoms with Crippen molar-refractivity contribution >= 4 is 0 Å². The maximum Gasteiger partial charge on any atom is -0.0128 e. The molecule has 0 fully saturated rings. The molecule has 0 heteroatoms. The molecule has 0 aliphatic heterocycles. The number of hydrogen-bond donors (Lipinski definition) is 0. The normalized spacial score (nSPS) is 23.4. The minimum atomic E-state index is 0.667. The summed E-state index contributed by atoms with van der Waals surface area (Å²) >= 11 is 0. The number of rotatable bonds is 2.